The molecule has 1 fully saturated rings. The first-order chi connectivity index (χ1) is 16.8. The highest BCUT2D eigenvalue weighted by atomic mass is 15.2. The number of hydrogen-bond acceptors (Lipinski definition) is 7. The smallest absolute Gasteiger partial charge is 0.161 e. The van der Waals surface area contributed by atoms with Crippen molar-refractivity contribution in [1.82, 2.24) is 40.4 Å². The molecule has 3 N–H and O–H groups in total. The van der Waals surface area contributed by atoms with Gasteiger partial charge in [-0.25, -0.2) is 15.0 Å². The van der Waals surface area contributed by atoms with Gasteiger partial charge < -0.3 is 15.2 Å². The second-order valence-electron chi connectivity index (χ2n) is 8.71. The van der Waals surface area contributed by atoms with Crippen LogP contribution >= 0.6 is 0 Å². The molecule has 6 heterocycles. The molecule has 0 bridgehead atoms. The van der Waals surface area contributed by atoms with Crippen LogP contribution in [0.1, 0.15) is 31.7 Å². The third-order valence-corrected chi connectivity index (χ3v) is 6.41. The summed E-state index contributed by atoms with van der Waals surface area (Å²) in [5.41, 5.74) is 7.41. The highest BCUT2D eigenvalue weighted by molar-refractivity contribution is 5.95. The molecule has 9 heteroatoms. The molecule has 1 saturated heterocycles. The summed E-state index contributed by atoms with van der Waals surface area (Å²) in [5, 5.41) is 11.9. The largest absolute Gasteiger partial charge is 0.370 e. The third-order valence-electron chi connectivity index (χ3n) is 6.41. The van der Waals surface area contributed by atoms with Gasteiger partial charge in [0.25, 0.3) is 0 Å². The Hall–Kier alpha value is -3.85. The summed E-state index contributed by atoms with van der Waals surface area (Å²) in [5.74, 6) is 0.691. The summed E-state index contributed by atoms with van der Waals surface area (Å²) in [6.45, 7) is 5.91. The molecule has 5 aromatic heterocycles. The molecule has 1 aliphatic heterocycles. The lowest BCUT2D eigenvalue weighted by atomic mass is 10.1. The fraction of sp³-hybridized carbons (Fsp3) is 0.320. The number of aromatic nitrogens is 7. The van der Waals surface area contributed by atoms with Gasteiger partial charge in [-0.15, -0.1) is 0 Å². The van der Waals surface area contributed by atoms with Crippen molar-refractivity contribution >= 4 is 27.9 Å². The topological polar surface area (TPSA) is 111 Å². The summed E-state index contributed by atoms with van der Waals surface area (Å²) < 4.78 is 0. The Bertz CT molecular complexity index is 1450. The van der Waals surface area contributed by atoms with Crippen LogP contribution in [0.25, 0.3) is 44.8 Å². The number of aromatic amines is 2. The van der Waals surface area contributed by atoms with Crippen molar-refractivity contribution in [3.63, 3.8) is 0 Å². The monoisotopic (exact) mass is 453 g/mol. The summed E-state index contributed by atoms with van der Waals surface area (Å²) >= 11 is 0. The van der Waals surface area contributed by atoms with Crippen molar-refractivity contribution in [2.75, 3.05) is 24.5 Å². The Kier molecular flexibility index (Phi) is 5.38. The van der Waals surface area contributed by atoms with E-state index in [1.54, 1.807) is 0 Å². The standard InChI is InChI=1S/C25H27N9/c1-2-26-12-16-10-17(14-27-13-16)18-11-19-21(32-33-23(19)29-15-18)25-30-22-20(6-7-28-24(22)31-25)34-8-4-3-5-9-34/h6-7,10-11,13-15,26H,2-5,8-9,12H2,1H3,(H,28,30,31)(H,29,32,33). The van der Waals surface area contributed by atoms with E-state index in [1.165, 1.54) is 19.3 Å². The van der Waals surface area contributed by atoms with E-state index < -0.39 is 0 Å². The average Bonchev–Trinajstić information content (AvgIpc) is 3.51. The van der Waals surface area contributed by atoms with Crippen LogP contribution < -0.4 is 10.2 Å². The summed E-state index contributed by atoms with van der Waals surface area (Å²) in [4.78, 5) is 24.3. The molecule has 0 radical (unpaired) electrons. The minimum absolute atomic E-state index is 0.691. The Morgan fingerprint density at radius 2 is 1.88 bits per heavy atom. The fourth-order valence-corrected chi connectivity index (χ4v) is 4.65. The second-order valence-corrected chi connectivity index (χ2v) is 8.71. The maximum absolute atomic E-state index is 4.94. The van der Waals surface area contributed by atoms with Crippen LogP contribution in [-0.2, 0) is 6.54 Å². The zero-order valence-corrected chi connectivity index (χ0v) is 19.2. The lowest BCUT2D eigenvalue weighted by Gasteiger charge is -2.28. The SMILES string of the molecule is CCNCc1cncc(-c2cnc3[nH]nc(-c4nc5c(N6CCCCC6)ccnc5[nH]4)c3c2)c1. The van der Waals surface area contributed by atoms with E-state index in [-0.39, 0.29) is 0 Å². The molecule has 0 saturated carbocycles. The number of anilines is 1. The molecule has 6 rings (SSSR count). The quantitative estimate of drug-likeness (QED) is 0.355. The molecule has 172 valence electrons. The van der Waals surface area contributed by atoms with E-state index >= 15 is 0 Å². The van der Waals surface area contributed by atoms with Gasteiger partial charge >= 0.3 is 0 Å². The van der Waals surface area contributed by atoms with E-state index in [1.807, 2.05) is 24.8 Å². The first-order valence-corrected chi connectivity index (χ1v) is 11.9. The molecule has 0 atom stereocenters. The molecule has 0 aliphatic carbocycles. The van der Waals surface area contributed by atoms with E-state index in [9.17, 15) is 0 Å². The van der Waals surface area contributed by atoms with Gasteiger partial charge in [0.15, 0.2) is 17.1 Å². The van der Waals surface area contributed by atoms with Crippen LogP contribution in [0.15, 0.2) is 43.0 Å². The Balaban J connectivity index is 1.40. The van der Waals surface area contributed by atoms with Crippen LogP contribution in [0.2, 0.25) is 0 Å². The van der Waals surface area contributed by atoms with Gasteiger partial charge in [0, 0.05) is 55.5 Å². The number of fused-ring (bicyclic) bond motifs is 2. The third kappa shape index (κ3) is 3.77. The maximum atomic E-state index is 4.94. The minimum atomic E-state index is 0.691. The molecule has 9 nitrogen and oxygen atoms in total. The van der Waals surface area contributed by atoms with Crippen molar-refractivity contribution in [1.29, 1.82) is 0 Å². The highest BCUT2D eigenvalue weighted by Gasteiger charge is 2.19. The van der Waals surface area contributed by atoms with Gasteiger partial charge in [-0.2, -0.15) is 5.10 Å². The predicted molar refractivity (Wildman–Crippen MR) is 133 cm³/mol. The van der Waals surface area contributed by atoms with E-state index in [0.717, 1.165) is 76.4 Å². The molecule has 34 heavy (non-hydrogen) atoms. The lowest BCUT2D eigenvalue weighted by molar-refractivity contribution is 0.578. The van der Waals surface area contributed by atoms with Crippen molar-refractivity contribution in [3.8, 4) is 22.6 Å². The highest BCUT2D eigenvalue weighted by Crippen LogP contribution is 2.32. The molecule has 0 aromatic carbocycles. The maximum Gasteiger partial charge on any atom is 0.161 e. The van der Waals surface area contributed by atoms with Crippen LogP contribution in [0.3, 0.4) is 0 Å². The number of piperidine rings is 1. The average molecular weight is 454 g/mol. The molecule has 0 unspecified atom stereocenters. The van der Waals surface area contributed by atoms with Crippen LogP contribution in [0, 0.1) is 0 Å². The number of hydrogen-bond donors (Lipinski definition) is 3. The zero-order chi connectivity index (χ0) is 22.9. The number of pyridine rings is 3. The molecule has 0 amide bonds. The van der Waals surface area contributed by atoms with Gasteiger partial charge in [-0.3, -0.25) is 10.1 Å². The number of nitrogens with one attached hydrogen (secondary N) is 3. The lowest BCUT2D eigenvalue weighted by Crippen LogP contribution is -2.29. The van der Waals surface area contributed by atoms with Gasteiger partial charge in [-0.1, -0.05) is 6.92 Å². The van der Waals surface area contributed by atoms with Gasteiger partial charge in [-0.05, 0) is 49.6 Å². The molecular formula is C25H27N9. The molecule has 0 spiro atoms. The predicted octanol–water partition coefficient (Wildman–Crippen LogP) is 4.06. The van der Waals surface area contributed by atoms with Crippen LogP contribution in [0.5, 0.6) is 0 Å². The number of rotatable bonds is 6. The van der Waals surface area contributed by atoms with Gasteiger partial charge in [0.05, 0.1) is 11.1 Å². The second kappa shape index (κ2) is 8.83. The Labute approximate surface area is 197 Å². The van der Waals surface area contributed by atoms with Crippen molar-refractivity contribution < 1.29 is 0 Å². The first kappa shape index (κ1) is 20.7. The molecule has 1 aliphatic rings. The van der Waals surface area contributed by atoms with Gasteiger partial charge in [0.1, 0.15) is 11.2 Å². The summed E-state index contributed by atoms with van der Waals surface area (Å²) in [7, 11) is 0. The normalized spacial score (nSPS) is 14.3. The molecule has 5 aromatic rings. The van der Waals surface area contributed by atoms with E-state index in [4.69, 9.17) is 4.98 Å². The summed E-state index contributed by atoms with van der Waals surface area (Å²) in [6.07, 6.45) is 11.2. The van der Waals surface area contributed by atoms with E-state index in [2.05, 4.69) is 65.5 Å². The van der Waals surface area contributed by atoms with E-state index in [0.29, 0.717) is 5.82 Å². The fourth-order valence-electron chi connectivity index (χ4n) is 4.65. The van der Waals surface area contributed by atoms with Gasteiger partial charge in [0.2, 0.25) is 0 Å². The van der Waals surface area contributed by atoms with Crippen molar-refractivity contribution in [3.05, 3.63) is 48.5 Å². The number of H-pyrrole nitrogens is 2. The molecular weight excluding hydrogens is 426 g/mol. The number of imidazole rings is 1. The Morgan fingerprint density at radius 3 is 2.76 bits per heavy atom. The summed E-state index contributed by atoms with van der Waals surface area (Å²) in [6, 6.07) is 6.31. The zero-order valence-electron chi connectivity index (χ0n) is 19.2. The first-order valence-electron chi connectivity index (χ1n) is 11.9. The number of nitrogens with zero attached hydrogens (tertiary/aromatic N) is 6. The van der Waals surface area contributed by atoms with Crippen molar-refractivity contribution in [2.24, 2.45) is 0 Å². The van der Waals surface area contributed by atoms with Crippen LogP contribution in [-0.4, -0.2) is 54.8 Å². The minimum Gasteiger partial charge on any atom is -0.370 e. The van der Waals surface area contributed by atoms with Crippen molar-refractivity contribution in [2.45, 2.75) is 32.7 Å². The van der Waals surface area contributed by atoms with Crippen LogP contribution in [0.4, 0.5) is 5.69 Å². The Morgan fingerprint density at radius 1 is 1.00 bits per heavy atom.